The van der Waals surface area contributed by atoms with Gasteiger partial charge in [-0.1, -0.05) is 31.5 Å². The highest BCUT2D eigenvalue weighted by molar-refractivity contribution is 5.34. The maximum atomic E-state index is 6.18. The third kappa shape index (κ3) is 3.74. The van der Waals surface area contributed by atoms with Gasteiger partial charge in [0.05, 0.1) is 6.10 Å². The lowest BCUT2D eigenvalue weighted by molar-refractivity contribution is 0.153. The lowest BCUT2D eigenvalue weighted by Crippen LogP contribution is -2.23. The molecule has 18 heavy (non-hydrogen) atoms. The van der Waals surface area contributed by atoms with Gasteiger partial charge < -0.3 is 10.5 Å². The Labute approximate surface area is 111 Å². The maximum absolute atomic E-state index is 6.18. The molecule has 0 heterocycles. The lowest BCUT2D eigenvalue weighted by Gasteiger charge is -2.24. The molecule has 2 N–H and O–H groups in total. The summed E-state index contributed by atoms with van der Waals surface area (Å²) in [7, 11) is 0. The molecular weight excluding hydrogens is 222 g/mol. The van der Waals surface area contributed by atoms with Crippen LogP contribution >= 0.6 is 0 Å². The number of benzene rings is 1. The van der Waals surface area contributed by atoms with E-state index in [9.17, 15) is 0 Å². The molecule has 2 nitrogen and oxygen atoms in total. The van der Waals surface area contributed by atoms with E-state index in [1.54, 1.807) is 0 Å². The van der Waals surface area contributed by atoms with Crippen molar-refractivity contribution in [1.82, 2.24) is 0 Å². The van der Waals surface area contributed by atoms with Gasteiger partial charge in [-0.25, -0.2) is 0 Å². The van der Waals surface area contributed by atoms with E-state index in [4.69, 9.17) is 10.5 Å². The lowest BCUT2D eigenvalue weighted by atomic mass is 9.97. The fourth-order valence-corrected chi connectivity index (χ4v) is 2.58. The van der Waals surface area contributed by atoms with Crippen LogP contribution in [0.25, 0.3) is 0 Å². The third-order valence-electron chi connectivity index (χ3n) is 3.82. The zero-order chi connectivity index (χ0) is 12.8. The van der Waals surface area contributed by atoms with Crippen LogP contribution in [0, 0.1) is 0 Å². The summed E-state index contributed by atoms with van der Waals surface area (Å²) in [6, 6.07) is 8.60. The van der Waals surface area contributed by atoms with Gasteiger partial charge in [0.15, 0.2) is 0 Å². The largest absolute Gasteiger partial charge is 0.490 e. The van der Waals surface area contributed by atoms with Crippen LogP contribution < -0.4 is 10.5 Å². The number of ether oxygens (including phenoxy) is 1. The maximum Gasteiger partial charge on any atom is 0.122 e. The predicted octanol–water partition coefficient (Wildman–Crippen LogP) is 3.68. The minimum atomic E-state index is 0.237. The Morgan fingerprint density at radius 2 is 1.94 bits per heavy atom. The highest BCUT2D eigenvalue weighted by Crippen LogP contribution is 2.26. The summed E-state index contributed by atoms with van der Waals surface area (Å²) in [4.78, 5) is 0. The van der Waals surface area contributed by atoms with Crippen molar-refractivity contribution in [3.05, 3.63) is 29.8 Å². The molecule has 0 aliphatic heterocycles. The summed E-state index contributed by atoms with van der Waals surface area (Å²) >= 11 is 0. The second-order valence-corrected chi connectivity index (χ2v) is 5.36. The molecule has 0 amide bonds. The summed E-state index contributed by atoms with van der Waals surface area (Å²) in [5, 5.41) is 0. The van der Waals surface area contributed by atoms with Crippen molar-refractivity contribution in [2.45, 2.75) is 64.0 Å². The molecule has 2 heteroatoms. The van der Waals surface area contributed by atoms with Crippen molar-refractivity contribution in [2.75, 3.05) is 0 Å². The monoisotopic (exact) mass is 247 g/mol. The first-order valence-electron chi connectivity index (χ1n) is 7.29. The Morgan fingerprint density at radius 1 is 1.22 bits per heavy atom. The first kappa shape index (κ1) is 13.4. The molecule has 0 spiro atoms. The summed E-state index contributed by atoms with van der Waals surface area (Å²) in [5.41, 5.74) is 7.31. The molecule has 1 unspecified atom stereocenters. The Balaban J connectivity index is 2.01. The smallest absolute Gasteiger partial charge is 0.122 e. The Hall–Kier alpha value is -1.02. The Kier molecular flexibility index (Phi) is 5.06. The molecule has 1 aromatic carbocycles. The highest BCUT2D eigenvalue weighted by Gasteiger charge is 2.16. The minimum absolute atomic E-state index is 0.237. The number of para-hydroxylation sites is 1. The normalized spacial score (nSPS) is 18.6. The Bertz CT molecular complexity index is 358. The minimum Gasteiger partial charge on any atom is -0.490 e. The molecule has 1 atom stereocenters. The van der Waals surface area contributed by atoms with E-state index in [0.29, 0.717) is 6.10 Å². The molecule has 100 valence electrons. The molecule has 0 radical (unpaired) electrons. The average molecular weight is 247 g/mol. The molecule has 1 aliphatic rings. The fraction of sp³-hybridized carbons (Fsp3) is 0.625. The molecular formula is C16H25NO. The van der Waals surface area contributed by atoms with E-state index in [0.717, 1.165) is 18.6 Å². The molecule has 2 rings (SSSR count). The third-order valence-corrected chi connectivity index (χ3v) is 3.82. The number of rotatable bonds is 5. The van der Waals surface area contributed by atoms with Crippen LogP contribution in [0.1, 0.15) is 51.0 Å². The van der Waals surface area contributed by atoms with Crippen LogP contribution in [0.15, 0.2) is 24.3 Å². The number of hydrogen-bond donors (Lipinski definition) is 1. The van der Waals surface area contributed by atoms with Crippen LogP contribution in [-0.2, 0) is 6.42 Å². The molecule has 1 fully saturated rings. The molecule has 0 bridgehead atoms. The van der Waals surface area contributed by atoms with Gasteiger partial charge in [0.2, 0.25) is 0 Å². The van der Waals surface area contributed by atoms with Gasteiger partial charge in [-0.05, 0) is 50.2 Å². The van der Waals surface area contributed by atoms with Gasteiger partial charge in [0.1, 0.15) is 5.75 Å². The first-order valence-corrected chi connectivity index (χ1v) is 7.29. The number of hydrogen-bond acceptors (Lipinski definition) is 2. The number of nitrogens with two attached hydrogens (primary N) is 1. The summed E-state index contributed by atoms with van der Waals surface area (Å²) in [5.74, 6) is 1.05. The van der Waals surface area contributed by atoms with Gasteiger partial charge in [0.25, 0.3) is 0 Å². The molecule has 1 aromatic rings. The standard InChI is InChI=1S/C16H25NO/c1-2-14(17)12-13-8-6-7-11-16(13)18-15-9-4-3-5-10-15/h6-8,11,14-15H,2-5,9-10,12,17H2,1H3. The Morgan fingerprint density at radius 3 is 2.67 bits per heavy atom. The van der Waals surface area contributed by atoms with E-state index in [2.05, 4.69) is 31.2 Å². The van der Waals surface area contributed by atoms with E-state index in [1.807, 2.05) is 0 Å². The van der Waals surface area contributed by atoms with Gasteiger partial charge in [-0.2, -0.15) is 0 Å². The van der Waals surface area contributed by atoms with E-state index < -0.39 is 0 Å². The van der Waals surface area contributed by atoms with Crippen molar-refractivity contribution < 1.29 is 4.74 Å². The van der Waals surface area contributed by atoms with Crippen molar-refractivity contribution in [2.24, 2.45) is 5.73 Å². The van der Waals surface area contributed by atoms with Crippen LogP contribution in [-0.4, -0.2) is 12.1 Å². The fourth-order valence-electron chi connectivity index (χ4n) is 2.58. The molecule has 1 aliphatic carbocycles. The second kappa shape index (κ2) is 6.79. The summed E-state index contributed by atoms with van der Waals surface area (Å²) < 4.78 is 6.18. The van der Waals surface area contributed by atoms with Crippen LogP contribution in [0.5, 0.6) is 5.75 Å². The van der Waals surface area contributed by atoms with Gasteiger partial charge in [0, 0.05) is 6.04 Å². The van der Waals surface area contributed by atoms with Gasteiger partial charge in [-0.15, -0.1) is 0 Å². The van der Waals surface area contributed by atoms with Crippen molar-refractivity contribution in [1.29, 1.82) is 0 Å². The van der Waals surface area contributed by atoms with Crippen molar-refractivity contribution in [3.63, 3.8) is 0 Å². The topological polar surface area (TPSA) is 35.2 Å². The summed E-state index contributed by atoms with van der Waals surface area (Å²) in [6.07, 6.45) is 8.72. The quantitative estimate of drug-likeness (QED) is 0.861. The summed E-state index contributed by atoms with van der Waals surface area (Å²) in [6.45, 7) is 2.13. The zero-order valence-electron chi connectivity index (χ0n) is 11.4. The molecule has 1 saturated carbocycles. The second-order valence-electron chi connectivity index (χ2n) is 5.36. The average Bonchev–Trinajstić information content (AvgIpc) is 2.42. The van der Waals surface area contributed by atoms with E-state index >= 15 is 0 Å². The predicted molar refractivity (Wildman–Crippen MR) is 75.9 cm³/mol. The SMILES string of the molecule is CCC(N)Cc1ccccc1OC1CCCCC1. The zero-order valence-corrected chi connectivity index (χ0v) is 11.4. The van der Waals surface area contributed by atoms with Gasteiger partial charge in [-0.3, -0.25) is 0 Å². The van der Waals surface area contributed by atoms with Crippen LogP contribution in [0.3, 0.4) is 0 Å². The van der Waals surface area contributed by atoms with E-state index in [-0.39, 0.29) is 6.04 Å². The van der Waals surface area contributed by atoms with E-state index in [1.165, 1.54) is 37.7 Å². The van der Waals surface area contributed by atoms with Crippen molar-refractivity contribution in [3.8, 4) is 5.75 Å². The molecule has 0 aromatic heterocycles. The van der Waals surface area contributed by atoms with Gasteiger partial charge >= 0.3 is 0 Å². The van der Waals surface area contributed by atoms with Crippen LogP contribution in [0.2, 0.25) is 0 Å². The van der Waals surface area contributed by atoms with Crippen molar-refractivity contribution >= 4 is 0 Å². The first-order chi connectivity index (χ1) is 8.79. The highest BCUT2D eigenvalue weighted by atomic mass is 16.5. The molecule has 0 saturated heterocycles. The van der Waals surface area contributed by atoms with Crippen LogP contribution in [0.4, 0.5) is 0 Å².